The topological polar surface area (TPSA) is 95.1 Å². The van der Waals surface area contributed by atoms with Crippen molar-refractivity contribution in [2.75, 3.05) is 24.0 Å². The predicted molar refractivity (Wildman–Crippen MR) is 108 cm³/mol. The number of para-hydroxylation sites is 1. The first-order valence-electron chi connectivity index (χ1n) is 7.71. The van der Waals surface area contributed by atoms with E-state index in [1.54, 1.807) is 31.4 Å². The summed E-state index contributed by atoms with van der Waals surface area (Å²) in [5, 5.41) is 12.1. The third kappa shape index (κ3) is 4.47. The number of nitrogen functional groups attached to an aromatic ring is 1. The second kappa shape index (κ2) is 8.51. The molecule has 10 heteroatoms. The second-order valence-corrected chi connectivity index (χ2v) is 7.12. The first-order valence-corrected chi connectivity index (χ1v) is 9.45. The monoisotopic (exact) mass is 423 g/mol. The van der Waals surface area contributed by atoms with Crippen molar-refractivity contribution in [1.82, 2.24) is 14.9 Å². The standard InChI is InChI=1S/C17H15Cl2N5O2S/c1-26-14-5-3-2-4-11(14)16-22-23-17(24(16)20)27-9-15(25)21-13-8-10(18)6-7-12(13)19/h2-8H,9,20H2,1H3,(H,21,25). The summed E-state index contributed by atoms with van der Waals surface area (Å²) in [6.45, 7) is 0. The van der Waals surface area contributed by atoms with E-state index in [-0.39, 0.29) is 11.7 Å². The number of carbonyl (C=O) groups is 1. The number of hydrogen-bond donors (Lipinski definition) is 2. The minimum atomic E-state index is -0.272. The molecule has 1 heterocycles. The van der Waals surface area contributed by atoms with Crippen LogP contribution in [0.3, 0.4) is 0 Å². The van der Waals surface area contributed by atoms with E-state index in [1.165, 1.54) is 4.68 Å². The van der Waals surface area contributed by atoms with E-state index in [2.05, 4.69) is 15.5 Å². The molecule has 0 saturated carbocycles. The van der Waals surface area contributed by atoms with Crippen LogP contribution in [0.5, 0.6) is 5.75 Å². The number of methoxy groups -OCH3 is 1. The van der Waals surface area contributed by atoms with Gasteiger partial charge >= 0.3 is 0 Å². The second-order valence-electron chi connectivity index (χ2n) is 5.34. The zero-order valence-electron chi connectivity index (χ0n) is 14.1. The van der Waals surface area contributed by atoms with Crippen molar-refractivity contribution >= 4 is 46.6 Å². The maximum Gasteiger partial charge on any atom is 0.234 e. The Hall–Kier alpha value is -2.42. The zero-order chi connectivity index (χ0) is 19.4. The number of nitrogens with two attached hydrogens (primary N) is 1. The smallest absolute Gasteiger partial charge is 0.234 e. The first kappa shape index (κ1) is 19.3. The van der Waals surface area contributed by atoms with Crippen LogP contribution in [0.25, 0.3) is 11.4 Å². The van der Waals surface area contributed by atoms with Gasteiger partial charge in [0.2, 0.25) is 11.1 Å². The Bertz CT molecular complexity index is 980. The third-order valence-corrected chi connectivity index (χ3v) is 5.06. The molecule has 2 aromatic carbocycles. The third-order valence-electron chi connectivity index (χ3n) is 3.55. The molecule has 0 spiro atoms. The van der Waals surface area contributed by atoms with Crippen LogP contribution < -0.4 is 15.9 Å². The predicted octanol–water partition coefficient (Wildman–Crippen LogP) is 3.71. The fraction of sp³-hybridized carbons (Fsp3) is 0.118. The summed E-state index contributed by atoms with van der Waals surface area (Å²) >= 11 is 13.1. The number of nitrogens with zero attached hydrogens (tertiary/aromatic N) is 3. The normalized spacial score (nSPS) is 10.6. The molecule has 0 aliphatic heterocycles. The molecule has 0 fully saturated rings. The van der Waals surface area contributed by atoms with E-state index in [9.17, 15) is 4.79 Å². The van der Waals surface area contributed by atoms with Crippen LogP contribution in [0.15, 0.2) is 47.6 Å². The molecule has 0 unspecified atom stereocenters. The lowest BCUT2D eigenvalue weighted by Crippen LogP contribution is -2.16. The molecule has 0 aliphatic rings. The van der Waals surface area contributed by atoms with Gasteiger partial charge in [0.15, 0.2) is 5.82 Å². The Morgan fingerprint density at radius 2 is 2.04 bits per heavy atom. The summed E-state index contributed by atoms with van der Waals surface area (Å²) in [5.41, 5.74) is 1.15. The number of benzene rings is 2. The molecular formula is C17H15Cl2N5O2S. The van der Waals surface area contributed by atoms with Gasteiger partial charge in [0, 0.05) is 5.02 Å². The maximum absolute atomic E-state index is 12.2. The molecule has 1 amide bonds. The van der Waals surface area contributed by atoms with Gasteiger partial charge in [-0.2, -0.15) is 0 Å². The van der Waals surface area contributed by atoms with Gasteiger partial charge in [0.05, 0.1) is 29.1 Å². The number of amides is 1. The molecule has 0 atom stereocenters. The number of aromatic nitrogens is 3. The summed E-state index contributed by atoms with van der Waals surface area (Å²) in [6, 6.07) is 12.2. The number of ether oxygens (including phenoxy) is 1. The molecule has 0 saturated heterocycles. The molecule has 3 rings (SSSR count). The largest absolute Gasteiger partial charge is 0.496 e. The molecule has 0 aliphatic carbocycles. The molecule has 0 radical (unpaired) electrons. The van der Waals surface area contributed by atoms with Crippen LogP contribution in [0.1, 0.15) is 0 Å². The van der Waals surface area contributed by atoms with E-state index in [4.69, 9.17) is 33.8 Å². The van der Waals surface area contributed by atoms with Crippen molar-refractivity contribution in [3.8, 4) is 17.1 Å². The Kier molecular flexibility index (Phi) is 6.10. The molecule has 3 aromatic rings. The van der Waals surface area contributed by atoms with Crippen molar-refractivity contribution in [2.24, 2.45) is 0 Å². The van der Waals surface area contributed by atoms with E-state index in [0.717, 1.165) is 11.8 Å². The van der Waals surface area contributed by atoms with Gasteiger partial charge in [0.1, 0.15) is 5.75 Å². The summed E-state index contributed by atoms with van der Waals surface area (Å²) in [6.07, 6.45) is 0. The molecule has 7 nitrogen and oxygen atoms in total. The highest BCUT2D eigenvalue weighted by Crippen LogP contribution is 2.30. The average molecular weight is 424 g/mol. The van der Waals surface area contributed by atoms with E-state index < -0.39 is 0 Å². The van der Waals surface area contributed by atoms with Crippen LogP contribution in [0.4, 0.5) is 5.69 Å². The van der Waals surface area contributed by atoms with Gasteiger partial charge in [-0.05, 0) is 30.3 Å². The van der Waals surface area contributed by atoms with E-state index in [1.807, 2.05) is 18.2 Å². The lowest BCUT2D eigenvalue weighted by molar-refractivity contribution is -0.113. The summed E-state index contributed by atoms with van der Waals surface area (Å²) < 4.78 is 6.64. The fourth-order valence-electron chi connectivity index (χ4n) is 2.30. The fourth-order valence-corrected chi connectivity index (χ4v) is 3.29. The van der Waals surface area contributed by atoms with Crippen LogP contribution in [0.2, 0.25) is 10.0 Å². The number of anilines is 1. The molecular weight excluding hydrogens is 409 g/mol. The highest BCUT2D eigenvalue weighted by atomic mass is 35.5. The number of thioether (sulfide) groups is 1. The van der Waals surface area contributed by atoms with Gasteiger partial charge in [-0.1, -0.05) is 47.1 Å². The van der Waals surface area contributed by atoms with Crippen molar-refractivity contribution in [2.45, 2.75) is 5.16 Å². The molecule has 0 bridgehead atoms. The minimum absolute atomic E-state index is 0.0735. The quantitative estimate of drug-likeness (QED) is 0.463. The summed E-state index contributed by atoms with van der Waals surface area (Å²) in [7, 11) is 1.57. The van der Waals surface area contributed by atoms with Crippen LogP contribution >= 0.6 is 35.0 Å². The van der Waals surface area contributed by atoms with Gasteiger partial charge in [0.25, 0.3) is 0 Å². The zero-order valence-corrected chi connectivity index (χ0v) is 16.5. The lowest BCUT2D eigenvalue weighted by Gasteiger charge is -2.08. The number of rotatable bonds is 6. The molecule has 27 heavy (non-hydrogen) atoms. The highest BCUT2D eigenvalue weighted by molar-refractivity contribution is 7.99. The number of carbonyl (C=O) groups excluding carboxylic acids is 1. The van der Waals surface area contributed by atoms with Gasteiger partial charge in [-0.3, -0.25) is 4.79 Å². The number of nitrogens with one attached hydrogen (secondary N) is 1. The van der Waals surface area contributed by atoms with Crippen LogP contribution in [-0.2, 0) is 4.79 Å². The minimum Gasteiger partial charge on any atom is -0.496 e. The van der Waals surface area contributed by atoms with Gasteiger partial charge in [-0.25, -0.2) is 4.68 Å². The summed E-state index contributed by atoms with van der Waals surface area (Å²) in [5.74, 6) is 6.95. The van der Waals surface area contributed by atoms with Crippen molar-refractivity contribution in [3.05, 3.63) is 52.5 Å². The van der Waals surface area contributed by atoms with Crippen LogP contribution in [-0.4, -0.2) is 33.6 Å². The number of halogens is 2. The Morgan fingerprint density at radius 1 is 1.26 bits per heavy atom. The Labute approximate surface area is 169 Å². The molecule has 3 N–H and O–H groups in total. The Morgan fingerprint density at radius 3 is 2.81 bits per heavy atom. The van der Waals surface area contributed by atoms with Crippen LogP contribution in [0, 0.1) is 0 Å². The maximum atomic E-state index is 12.2. The van der Waals surface area contributed by atoms with Crippen molar-refractivity contribution in [3.63, 3.8) is 0 Å². The lowest BCUT2D eigenvalue weighted by atomic mass is 10.2. The van der Waals surface area contributed by atoms with Crippen molar-refractivity contribution in [1.29, 1.82) is 0 Å². The van der Waals surface area contributed by atoms with E-state index >= 15 is 0 Å². The Balaban J connectivity index is 1.69. The average Bonchev–Trinajstić information content (AvgIpc) is 3.03. The molecule has 1 aromatic heterocycles. The molecule has 140 valence electrons. The van der Waals surface area contributed by atoms with Gasteiger partial charge in [-0.15, -0.1) is 10.2 Å². The summed E-state index contributed by atoms with van der Waals surface area (Å²) in [4.78, 5) is 12.2. The van der Waals surface area contributed by atoms with Crippen molar-refractivity contribution < 1.29 is 9.53 Å². The van der Waals surface area contributed by atoms with E-state index in [0.29, 0.717) is 38.0 Å². The number of hydrogen-bond acceptors (Lipinski definition) is 6. The highest BCUT2D eigenvalue weighted by Gasteiger charge is 2.17. The van der Waals surface area contributed by atoms with Gasteiger partial charge < -0.3 is 15.9 Å². The SMILES string of the molecule is COc1ccccc1-c1nnc(SCC(=O)Nc2cc(Cl)ccc2Cl)n1N. The first-order chi connectivity index (χ1) is 13.0.